The summed E-state index contributed by atoms with van der Waals surface area (Å²) in [5.41, 5.74) is 5.44. The normalized spacial score (nSPS) is 13.8. The number of hydrogen-bond acceptors (Lipinski definition) is 2. The number of phenols is 1. The monoisotopic (exact) mass is 237 g/mol. The van der Waals surface area contributed by atoms with Crippen LogP contribution in [0.25, 0.3) is 0 Å². The van der Waals surface area contributed by atoms with Gasteiger partial charge in [0.2, 0.25) is 0 Å². The number of para-hydroxylation sites is 1. The molecule has 1 aromatic rings. The molecular formula is C10H11F4NO. The summed E-state index contributed by atoms with van der Waals surface area (Å²) in [5, 5.41) is 9.26. The van der Waals surface area contributed by atoms with E-state index in [9.17, 15) is 22.7 Å². The first kappa shape index (κ1) is 12.8. The van der Waals surface area contributed by atoms with Gasteiger partial charge in [-0.1, -0.05) is 12.1 Å². The summed E-state index contributed by atoms with van der Waals surface area (Å²) in [5.74, 6) is -1.57. The highest BCUT2D eigenvalue weighted by Gasteiger charge is 2.28. The van der Waals surface area contributed by atoms with Crippen LogP contribution in [-0.2, 0) is 0 Å². The summed E-state index contributed by atoms with van der Waals surface area (Å²) in [6.45, 7) is 0. The van der Waals surface area contributed by atoms with Gasteiger partial charge in [0.1, 0.15) is 0 Å². The van der Waals surface area contributed by atoms with Crippen molar-refractivity contribution in [3.05, 3.63) is 29.6 Å². The molecule has 0 heterocycles. The quantitative estimate of drug-likeness (QED) is 0.794. The molecule has 0 spiro atoms. The van der Waals surface area contributed by atoms with Gasteiger partial charge in [0, 0.05) is 18.0 Å². The molecule has 6 heteroatoms. The number of nitrogens with two attached hydrogens (primary N) is 1. The van der Waals surface area contributed by atoms with E-state index in [1.165, 1.54) is 12.1 Å². The number of alkyl halides is 3. The molecule has 0 saturated carbocycles. The van der Waals surface area contributed by atoms with Crippen LogP contribution < -0.4 is 5.73 Å². The molecule has 0 aliphatic carbocycles. The first-order chi connectivity index (χ1) is 7.31. The van der Waals surface area contributed by atoms with E-state index in [-0.39, 0.29) is 12.0 Å². The third-order valence-electron chi connectivity index (χ3n) is 2.16. The highest BCUT2D eigenvalue weighted by molar-refractivity contribution is 5.35. The average Bonchev–Trinajstić information content (AvgIpc) is 2.17. The Morgan fingerprint density at radius 2 is 1.94 bits per heavy atom. The smallest absolute Gasteiger partial charge is 0.389 e. The molecule has 16 heavy (non-hydrogen) atoms. The molecule has 1 atom stereocenters. The number of phenolic OH excluding ortho intramolecular Hbond substituents is 1. The molecule has 90 valence electrons. The Labute approximate surface area is 89.7 Å². The molecule has 1 aromatic carbocycles. The topological polar surface area (TPSA) is 46.2 Å². The van der Waals surface area contributed by atoms with Crippen LogP contribution in [0.1, 0.15) is 24.4 Å². The molecule has 0 aliphatic rings. The minimum absolute atomic E-state index is 0.00995. The lowest BCUT2D eigenvalue weighted by Crippen LogP contribution is -2.16. The second-order valence-electron chi connectivity index (χ2n) is 3.44. The summed E-state index contributed by atoms with van der Waals surface area (Å²) in [6, 6.07) is 2.57. The van der Waals surface area contributed by atoms with Crippen LogP contribution in [0.2, 0.25) is 0 Å². The van der Waals surface area contributed by atoms with Crippen LogP contribution in [0.3, 0.4) is 0 Å². The van der Waals surface area contributed by atoms with Crippen molar-refractivity contribution in [1.29, 1.82) is 0 Å². The molecule has 0 fully saturated rings. The Balaban J connectivity index is 2.73. The van der Waals surface area contributed by atoms with E-state index in [2.05, 4.69) is 0 Å². The predicted molar refractivity (Wildman–Crippen MR) is 50.3 cm³/mol. The van der Waals surface area contributed by atoms with E-state index in [1.807, 2.05) is 0 Å². The average molecular weight is 237 g/mol. The van der Waals surface area contributed by atoms with E-state index in [0.717, 1.165) is 6.07 Å². The third kappa shape index (κ3) is 3.37. The molecule has 0 saturated heterocycles. The standard InChI is InChI=1S/C10H11F4NO/c11-7-3-1-2-6(9(7)16)8(15)4-5-10(12,13)14/h1-3,8,16H,4-5,15H2/t8-/m0/s1. The predicted octanol–water partition coefficient (Wildman–Crippen LogP) is 2.87. The van der Waals surface area contributed by atoms with E-state index in [1.54, 1.807) is 0 Å². The van der Waals surface area contributed by atoms with E-state index in [0.29, 0.717) is 0 Å². The second-order valence-corrected chi connectivity index (χ2v) is 3.44. The summed E-state index contributed by atoms with van der Waals surface area (Å²) in [4.78, 5) is 0. The Morgan fingerprint density at radius 3 is 2.50 bits per heavy atom. The molecular weight excluding hydrogens is 226 g/mol. The number of aromatic hydroxyl groups is 1. The van der Waals surface area contributed by atoms with Gasteiger partial charge in [-0.3, -0.25) is 0 Å². The van der Waals surface area contributed by atoms with Crippen molar-refractivity contribution in [2.45, 2.75) is 25.1 Å². The minimum atomic E-state index is -4.30. The van der Waals surface area contributed by atoms with Crippen molar-refractivity contribution >= 4 is 0 Å². The van der Waals surface area contributed by atoms with Gasteiger partial charge in [-0.05, 0) is 12.5 Å². The lowest BCUT2D eigenvalue weighted by Gasteiger charge is -2.14. The van der Waals surface area contributed by atoms with Crippen molar-refractivity contribution in [3.8, 4) is 5.75 Å². The van der Waals surface area contributed by atoms with Gasteiger partial charge in [0.05, 0.1) is 0 Å². The zero-order valence-corrected chi connectivity index (χ0v) is 8.26. The number of hydrogen-bond donors (Lipinski definition) is 2. The summed E-state index contributed by atoms with van der Waals surface area (Å²) >= 11 is 0. The number of halogens is 4. The zero-order valence-electron chi connectivity index (χ0n) is 8.26. The van der Waals surface area contributed by atoms with Crippen molar-refractivity contribution in [2.75, 3.05) is 0 Å². The van der Waals surface area contributed by atoms with Gasteiger partial charge in [-0.15, -0.1) is 0 Å². The zero-order chi connectivity index (χ0) is 12.3. The van der Waals surface area contributed by atoms with Gasteiger partial charge < -0.3 is 10.8 Å². The molecule has 0 radical (unpaired) electrons. The van der Waals surface area contributed by atoms with Crippen LogP contribution in [0.5, 0.6) is 5.75 Å². The van der Waals surface area contributed by atoms with Gasteiger partial charge in [-0.25, -0.2) is 4.39 Å². The molecule has 0 unspecified atom stereocenters. The van der Waals surface area contributed by atoms with Crippen LogP contribution in [0.4, 0.5) is 17.6 Å². The molecule has 3 N–H and O–H groups in total. The minimum Gasteiger partial charge on any atom is -0.505 e. The van der Waals surface area contributed by atoms with E-state index in [4.69, 9.17) is 5.73 Å². The van der Waals surface area contributed by atoms with E-state index < -0.39 is 30.2 Å². The molecule has 0 aromatic heterocycles. The van der Waals surface area contributed by atoms with Crippen LogP contribution in [0, 0.1) is 5.82 Å². The van der Waals surface area contributed by atoms with Gasteiger partial charge in [0.25, 0.3) is 0 Å². The summed E-state index contributed by atoms with van der Waals surface area (Å²) < 4.78 is 48.6. The van der Waals surface area contributed by atoms with Gasteiger partial charge in [0.15, 0.2) is 11.6 Å². The molecule has 2 nitrogen and oxygen atoms in total. The molecule has 1 rings (SSSR count). The Hall–Kier alpha value is -1.30. The highest BCUT2D eigenvalue weighted by Crippen LogP contribution is 2.31. The van der Waals surface area contributed by atoms with Gasteiger partial charge >= 0.3 is 6.18 Å². The fourth-order valence-corrected chi connectivity index (χ4v) is 1.31. The maximum Gasteiger partial charge on any atom is 0.389 e. The van der Waals surface area contributed by atoms with Crippen LogP contribution in [-0.4, -0.2) is 11.3 Å². The van der Waals surface area contributed by atoms with E-state index >= 15 is 0 Å². The maximum absolute atomic E-state index is 12.9. The number of benzene rings is 1. The van der Waals surface area contributed by atoms with Crippen molar-refractivity contribution < 1.29 is 22.7 Å². The maximum atomic E-state index is 12.9. The Bertz CT molecular complexity index is 364. The van der Waals surface area contributed by atoms with Crippen molar-refractivity contribution in [2.24, 2.45) is 5.73 Å². The largest absolute Gasteiger partial charge is 0.505 e. The van der Waals surface area contributed by atoms with Gasteiger partial charge in [-0.2, -0.15) is 13.2 Å². The first-order valence-electron chi connectivity index (χ1n) is 4.61. The van der Waals surface area contributed by atoms with Crippen LogP contribution >= 0.6 is 0 Å². The highest BCUT2D eigenvalue weighted by atomic mass is 19.4. The van der Waals surface area contributed by atoms with Crippen molar-refractivity contribution in [3.63, 3.8) is 0 Å². The fourth-order valence-electron chi connectivity index (χ4n) is 1.31. The molecule has 0 aliphatic heterocycles. The molecule has 0 bridgehead atoms. The van der Waals surface area contributed by atoms with Crippen LogP contribution in [0.15, 0.2) is 18.2 Å². The molecule has 0 amide bonds. The lowest BCUT2D eigenvalue weighted by molar-refractivity contribution is -0.136. The Kier molecular flexibility index (Phi) is 3.74. The third-order valence-corrected chi connectivity index (χ3v) is 2.16. The first-order valence-corrected chi connectivity index (χ1v) is 4.61. The second kappa shape index (κ2) is 4.69. The van der Waals surface area contributed by atoms with Crippen molar-refractivity contribution in [1.82, 2.24) is 0 Å². The fraction of sp³-hybridized carbons (Fsp3) is 0.400. The summed E-state index contributed by atoms with van der Waals surface area (Å²) in [7, 11) is 0. The number of rotatable bonds is 3. The Morgan fingerprint density at radius 1 is 1.31 bits per heavy atom. The lowest BCUT2D eigenvalue weighted by atomic mass is 10.0. The SMILES string of the molecule is N[C@@H](CCC(F)(F)F)c1cccc(F)c1O. The summed E-state index contributed by atoms with van der Waals surface area (Å²) in [6.07, 6.45) is -5.76.